The Balaban J connectivity index is 1.99. The van der Waals surface area contributed by atoms with E-state index in [1.165, 1.54) is 11.3 Å². The molecule has 0 atom stereocenters. The van der Waals surface area contributed by atoms with Crippen molar-refractivity contribution in [1.29, 1.82) is 0 Å². The van der Waals surface area contributed by atoms with E-state index in [1.54, 1.807) is 7.11 Å². The van der Waals surface area contributed by atoms with Crippen molar-refractivity contribution in [3.8, 4) is 16.9 Å². The van der Waals surface area contributed by atoms with Crippen LogP contribution in [0.3, 0.4) is 0 Å². The van der Waals surface area contributed by atoms with Crippen molar-refractivity contribution in [1.82, 2.24) is 0 Å². The van der Waals surface area contributed by atoms with E-state index in [0.717, 1.165) is 47.4 Å². The van der Waals surface area contributed by atoms with Gasteiger partial charge in [-0.15, -0.1) is 11.3 Å². The molecule has 1 heterocycles. The molecule has 0 saturated heterocycles. The number of thiophene rings is 1. The van der Waals surface area contributed by atoms with Crippen LogP contribution in [0.25, 0.3) is 11.1 Å². The average molecular weight is 388 g/mol. The molecule has 0 bridgehead atoms. The molecule has 1 aliphatic carbocycles. The van der Waals surface area contributed by atoms with Crippen LogP contribution in [0.15, 0.2) is 24.3 Å². The standard InChI is InChI=1S/C21H25NO4S/c1-4-12-26-21(24)18-17(14-8-10-16(25-3)11-9-14)13(2)27-20(18)22-19(23)15-6-5-7-15/h8-11,15H,4-7,12H2,1-3H3,(H,22,23). The van der Waals surface area contributed by atoms with Crippen molar-refractivity contribution in [3.05, 3.63) is 34.7 Å². The molecule has 2 aromatic rings. The Hall–Kier alpha value is -2.34. The van der Waals surface area contributed by atoms with Crippen molar-refractivity contribution in [3.63, 3.8) is 0 Å². The van der Waals surface area contributed by atoms with E-state index in [1.807, 2.05) is 38.1 Å². The third kappa shape index (κ3) is 4.16. The minimum absolute atomic E-state index is 0.00618. The van der Waals surface area contributed by atoms with Crippen LogP contribution in [0.5, 0.6) is 5.75 Å². The number of aryl methyl sites for hydroxylation is 1. The number of ether oxygens (including phenoxy) is 2. The smallest absolute Gasteiger partial charge is 0.341 e. The van der Waals surface area contributed by atoms with Gasteiger partial charge in [0.05, 0.1) is 13.7 Å². The summed E-state index contributed by atoms with van der Waals surface area (Å²) in [6.07, 6.45) is 3.66. The molecular weight excluding hydrogens is 362 g/mol. The summed E-state index contributed by atoms with van der Waals surface area (Å²) in [6.45, 7) is 4.27. The third-order valence-electron chi connectivity index (χ3n) is 4.82. The predicted octanol–water partition coefficient (Wildman–Crippen LogP) is 5.04. The lowest BCUT2D eigenvalue weighted by Crippen LogP contribution is -2.28. The highest BCUT2D eigenvalue weighted by Crippen LogP contribution is 2.41. The van der Waals surface area contributed by atoms with Crippen molar-refractivity contribution in [2.24, 2.45) is 5.92 Å². The van der Waals surface area contributed by atoms with Gasteiger partial charge in [-0.2, -0.15) is 0 Å². The number of hydrogen-bond acceptors (Lipinski definition) is 5. The maximum atomic E-state index is 12.8. The van der Waals surface area contributed by atoms with Crippen molar-refractivity contribution >= 4 is 28.2 Å². The van der Waals surface area contributed by atoms with Crippen LogP contribution in [0.2, 0.25) is 0 Å². The Labute approximate surface area is 163 Å². The van der Waals surface area contributed by atoms with E-state index in [4.69, 9.17) is 9.47 Å². The molecule has 0 spiro atoms. The van der Waals surface area contributed by atoms with Gasteiger partial charge in [-0.05, 0) is 43.9 Å². The SMILES string of the molecule is CCCOC(=O)c1c(NC(=O)C2CCC2)sc(C)c1-c1ccc(OC)cc1. The van der Waals surface area contributed by atoms with Gasteiger partial charge < -0.3 is 14.8 Å². The zero-order chi connectivity index (χ0) is 19.4. The number of amides is 1. The molecule has 1 aromatic heterocycles. The fourth-order valence-corrected chi connectivity index (χ4v) is 4.15. The third-order valence-corrected chi connectivity index (χ3v) is 5.84. The fraction of sp³-hybridized carbons (Fsp3) is 0.429. The molecule has 5 nitrogen and oxygen atoms in total. The molecule has 0 unspecified atom stereocenters. The molecule has 1 aliphatic rings. The summed E-state index contributed by atoms with van der Waals surface area (Å²) >= 11 is 1.42. The molecule has 0 radical (unpaired) electrons. The van der Waals surface area contributed by atoms with Gasteiger partial charge in [-0.25, -0.2) is 4.79 Å². The van der Waals surface area contributed by atoms with E-state index in [9.17, 15) is 9.59 Å². The predicted molar refractivity (Wildman–Crippen MR) is 108 cm³/mol. The van der Waals surface area contributed by atoms with Gasteiger partial charge in [0.1, 0.15) is 16.3 Å². The normalized spacial score (nSPS) is 13.7. The lowest BCUT2D eigenvalue weighted by atomic mass is 9.85. The summed E-state index contributed by atoms with van der Waals surface area (Å²) in [5, 5.41) is 3.56. The second-order valence-corrected chi connectivity index (χ2v) is 7.94. The minimum Gasteiger partial charge on any atom is -0.497 e. The molecule has 144 valence electrons. The average Bonchev–Trinajstić information content (AvgIpc) is 2.94. The fourth-order valence-electron chi connectivity index (χ4n) is 3.08. The summed E-state index contributed by atoms with van der Waals surface area (Å²) in [7, 11) is 1.62. The Morgan fingerprint density at radius 2 is 1.93 bits per heavy atom. The van der Waals surface area contributed by atoms with Gasteiger partial charge in [0.25, 0.3) is 0 Å². The van der Waals surface area contributed by atoms with Crippen LogP contribution >= 0.6 is 11.3 Å². The first-order valence-corrected chi connectivity index (χ1v) is 10.1. The maximum absolute atomic E-state index is 12.8. The Bertz CT molecular complexity index is 821. The molecule has 1 fully saturated rings. The van der Waals surface area contributed by atoms with Gasteiger partial charge in [-0.3, -0.25) is 4.79 Å². The Morgan fingerprint density at radius 3 is 2.48 bits per heavy atom. The molecular formula is C21H25NO4S. The van der Waals surface area contributed by atoms with Crippen LogP contribution in [0.1, 0.15) is 47.8 Å². The number of methoxy groups -OCH3 is 1. The number of benzene rings is 1. The van der Waals surface area contributed by atoms with Gasteiger partial charge in [0, 0.05) is 16.4 Å². The van der Waals surface area contributed by atoms with E-state index in [0.29, 0.717) is 17.2 Å². The summed E-state index contributed by atoms with van der Waals surface area (Å²) in [4.78, 5) is 26.2. The zero-order valence-corrected chi connectivity index (χ0v) is 16.8. The van der Waals surface area contributed by atoms with Crippen LogP contribution in [-0.2, 0) is 9.53 Å². The van der Waals surface area contributed by atoms with Gasteiger partial charge in [0.2, 0.25) is 5.91 Å². The topological polar surface area (TPSA) is 64.6 Å². The number of hydrogen-bond donors (Lipinski definition) is 1. The molecule has 0 aliphatic heterocycles. The number of esters is 1. The lowest BCUT2D eigenvalue weighted by molar-refractivity contribution is -0.122. The first-order valence-electron chi connectivity index (χ1n) is 9.31. The highest BCUT2D eigenvalue weighted by molar-refractivity contribution is 7.17. The van der Waals surface area contributed by atoms with E-state index in [-0.39, 0.29) is 11.8 Å². The quantitative estimate of drug-likeness (QED) is 0.676. The molecule has 1 aromatic carbocycles. The molecule has 3 rings (SSSR count). The van der Waals surface area contributed by atoms with Crippen LogP contribution in [0, 0.1) is 12.8 Å². The summed E-state index contributed by atoms with van der Waals surface area (Å²) in [6, 6.07) is 7.56. The Morgan fingerprint density at radius 1 is 1.22 bits per heavy atom. The number of anilines is 1. The van der Waals surface area contributed by atoms with E-state index >= 15 is 0 Å². The summed E-state index contributed by atoms with van der Waals surface area (Å²) in [5.41, 5.74) is 2.16. The number of nitrogens with one attached hydrogen (secondary N) is 1. The second kappa shape index (κ2) is 8.57. The lowest BCUT2D eigenvalue weighted by Gasteiger charge is -2.23. The highest BCUT2D eigenvalue weighted by Gasteiger charge is 2.29. The monoisotopic (exact) mass is 387 g/mol. The van der Waals surface area contributed by atoms with Crippen molar-refractivity contribution < 1.29 is 19.1 Å². The van der Waals surface area contributed by atoms with E-state index in [2.05, 4.69) is 5.32 Å². The molecule has 1 N–H and O–H groups in total. The van der Waals surface area contributed by atoms with Gasteiger partial charge in [-0.1, -0.05) is 25.5 Å². The summed E-state index contributed by atoms with van der Waals surface area (Å²) in [5.74, 6) is 0.404. The van der Waals surface area contributed by atoms with Crippen LogP contribution < -0.4 is 10.1 Å². The number of carbonyl (C=O) groups excluding carboxylic acids is 2. The molecule has 27 heavy (non-hydrogen) atoms. The molecule has 1 saturated carbocycles. The Kier molecular flexibility index (Phi) is 6.16. The van der Waals surface area contributed by atoms with Crippen LogP contribution in [0.4, 0.5) is 5.00 Å². The first-order chi connectivity index (χ1) is 13.0. The largest absolute Gasteiger partial charge is 0.497 e. The van der Waals surface area contributed by atoms with Crippen LogP contribution in [-0.4, -0.2) is 25.6 Å². The minimum atomic E-state index is -0.393. The zero-order valence-electron chi connectivity index (χ0n) is 16.0. The molecule has 1 amide bonds. The number of carbonyl (C=O) groups is 2. The number of rotatable bonds is 7. The second-order valence-electron chi connectivity index (χ2n) is 6.72. The van der Waals surface area contributed by atoms with Gasteiger partial charge >= 0.3 is 5.97 Å². The first kappa shape index (κ1) is 19.4. The van der Waals surface area contributed by atoms with E-state index < -0.39 is 5.97 Å². The van der Waals surface area contributed by atoms with Crippen molar-refractivity contribution in [2.45, 2.75) is 39.5 Å². The maximum Gasteiger partial charge on any atom is 0.341 e. The summed E-state index contributed by atoms with van der Waals surface area (Å²) < 4.78 is 10.6. The van der Waals surface area contributed by atoms with Crippen molar-refractivity contribution in [2.75, 3.05) is 19.0 Å². The highest BCUT2D eigenvalue weighted by atomic mass is 32.1. The van der Waals surface area contributed by atoms with Gasteiger partial charge in [0.15, 0.2) is 0 Å². The molecule has 6 heteroatoms.